The predicted molar refractivity (Wildman–Crippen MR) is 113 cm³/mol. The fraction of sp³-hybridized carbons (Fsp3) is 0.316. The summed E-state index contributed by atoms with van der Waals surface area (Å²) >= 11 is 1.51. The lowest BCUT2D eigenvalue weighted by Gasteiger charge is -2.11. The molecule has 146 valence electrons. The van der Waals surface area contributed by atoms with Crippen LogP contribution in [0.2, 0.25) is 0 Å². The summed E-state index contributed by atoms with van der Waals surface area (Å²) in [5.74, 6) is 1.08. The van der Waals surface area contributed by atoms with Crippen LogP contribution in [0.25, 0.3) is 16.6 Å². The number of nitrogens with one attached hydrogen (secondary N) is 3. The lowest BCUT2D eigenvalue weighted by atomic mass is 10.1. The van der Waals surface area contributed by atoms with Crippen LogP contribution < -0.4 is 10.6 Å². The van der Waals surface area contributed by atoms with Gasteiger partial charge in [-0.15, -0.1) is 10.2 Å². The van der Waals surface area contributed by atoms with Gasteiger partial charge in [-0.2, -0.15) is 0 Å². The Kier molecular flexibility index (Phi) is 6.15. The minimum atomic E-state index is 0.0855. The van der Waals surface area contributed by atoms with E-state index in [1.54, 1.807) is 19.4 Å². The van der Waals surface area contributed by atoms with Gasteiger partial charge in [-0.05, 0) is 25.1 Å². The molecule has 0 radical (unpaired) electrons. The second kappa shape index (κ2) is 8.75. The minimum absolute atomic E-state index is 0.0855. The van der Waals surface area contributed by atoms with Gasteiger partial charge in [0.1, 0.15) is 10.8 Å². The number of nitrogens with zero attached hydrogens (tertiary/aromatic N) is 4. The summed E-state index contributed by atoms with van der Waals surface area (Å²) < 4.78 is 5.35. The molecule has 0 bridgehead atoms. The van der Waals surface area contributed by atoms with Crippen LogP contribution >= 0.6 is 11.3 Å². The van der Waals surface area contributed by atoms with Gasteiger partial charge in [0.05, 0.1) is 23.2 Å². The van der Waals surface area contributed by atoms with E-state index in [-0.39, 0.29) is 5.90 Å². The molecular weight excluding hydrogens is 374 g/mol. The number of rotatable bonds is 7. The highest BCUT2D eigenvalue weighted by Gasteiger charge is 2.12. The van der Waals surface area contributed by atoms with E-state index in [1.807, 2.05) is 25.1 Å². The second-order valence-electron chi connectivity index (χ2n) is 6.29. The lowest BCUT2D eigenvalue weighted by molar-refractivity contribution is 0.329. The molecule has 0 amide bonds. The Morgan fingerprint density at radius 1 is 1.29 bits per heavy atom. The Morgan fingerprint density at radius 3 is 2.79 bits per heavy atom. The largest absolute Gasteiger partial charge is 0.478 e. The molecule has 0 saturated carbocycles. The highest BCUT2D eigenvalue weighted by molar-refractivity contribution is 7.15. The van der Waals surface area contributed by atoms with Gasteiger partial charge in [0.15, 0.2) is 0 Å². The van der Waals surface area contributed by atoms with Crippen LogP contribution in [0.5, 0.6) is 0 Å². The van der Waals surface area contributed by atoms with Crippen molar-refractivity contribution in [2.45, 2.75) is 26.7 Å². The first-order chi connectivity index (χ1) is 13.5. The number of hydrogen-bond acceptors (Lipinski definition) is 9. The molecule has 3 heterocycles. The molecule has 3 N–H and O–H groups in total. The number of fused-ring (bicyclic) bond motifs is 1. The van der Waals surface area contributed by atoms with Crippen LogP contribution in [-0.4, -0.2) is 39.7 Å². The molecule has 28 heavy (non-hydrogen) atoms. The van der Waals surface area contributed by atoms with Crippen LogP contribution in [0.1, 0.15) is 37.3 Å². The van der Waals surface area contributed by atoms with Gasteiger partial charge < -0.3 is 15.4 Å². The average molecular weight is 398 g/mol. The molecule has 8 nitrogen and oxygen atoms in total. The van der Waals surface area contributed by atoms with E-state index in [9.17, 15) is 0 Å². The molecule has 0 saturated heterocycles. The van der Waals surface area contributed by atoms with E-state index in [0.717, 1.165) is 16.1 Å². The maximum Gasteiger partial charge on any atom is 0.215 e. The van der Waals surface area contributed by atoms with E-state index >= 15 is 0 Å². The first kappa shape index (κ1) is 19.7. The van der Waals surface area contributed by atoms with Gasteiger partial charge in [0.2, 0.25) is 11.0 Å². The van der Waals surface area contributed by atoms with Crippen molar-refractivity contribution < 1.29 is 4.74 Å². The Labute approximate surface area is 167 Å². The average Bonchev–Trinajstić information content (AvgIpc) is 3.14. The van der Waals surface area contributed by atoms with Crippen LogP contribution in [0.4, 0.5) is 10.9 Å². The Hall–Kier alpha value is -3.07. The van der Waals surface area contributed by atoms with E-state index < -0.39 is 0 Å². The standard InChI is InChI=1S/C19H23N7OS/c1-5-27-17(20)13(10-21-4)12-8-15-14(22-9-12)6-7-16(23-15)24-19-26-25-18(28-19)11(2)3/h6-11,20-21H,5H2,1-4H3,(H,23,24,26)/b13-10-,20-17?. The molecule has 0 atom stereocenters. The van der Waals surface area contributed by atoms with Crippen LogP contribution in [0, 0.1) is 5.41 Å². The van der Waals surface area contributed by atoms with E-state index in [0.29, 0.717) is 34.6 Å². The van der Waals surface area contributed by atoms with E-state index in [4.69, 9.17) is 10.1 Å². The Bertz CT molecular complexity index is 1010. The summed E-state index contributed by atoms with van der Waals surface area (Å²) in [6, 6.07) is 5.65. The van der Waals surface area contributed by atoms with E-state index in [1.165, 1.54) is 11.3 Å². The highest BCUT2D eigenvalue weighted by atomic mass is 32.1. The van der Waals surface area contributed by atoms with Gasteiger partial charge >= 0.3 is 0 Å². The number of ether oxygens (including phenoxy) is 1. The third kappa shape index (κ3) is 4.42. The summed E-state index contributed by atoms with van der Waals surface area (Å²) in [6.07, 6.45) is 3.44. The number of hydrogen-bond donors (Lipinski definition) is 3. The molecule has 3 aromatic rings. The summed E-state index contributed by atoms with van der Waals surface area (Å²) in [5.41, 5.74) is 2.84. The fourth-order valence-corrected chi connectivity index (χ4v) is 3.25. The predicted octanol–water partition coefficient (Wildman–Crippen LogP) is 3.92. The zero-order chi connectivity index (χ0) is 20.1. The van der Waals surface area contributed by atoms with Crippen molar-refractivity contribution in [1.29, 1.82) is 5.41 Å². The highest BCUT2D eigenvalue weighted by Crippen LogP contribution is 2.26. The maximum atomic E-state index is 8.12. The molecular formula is C19H23N7OS. The van der Waals surface area contributed by atoms with Gasteiger partial charge in [0.25, 0.3) is 0 Å². The van der Waals surface area contributed by atoms with Crippen molar-refractivity contribution >= 4 is 44.8 Å². The van der Waals surface area contributed by atoms with Gasteiger partial charge in [0, 0.05) is 30.9 Å². The fourth-order valence-electron chi connectivity index (χ4n) is 2.50. The lowest BCUT2D eigenvalue weighted by Crippen LogP contribution is -2.09. The topological polar surface area (TPSA) is 109 Å². The van der Waals surface area contributed by atoms with Gasteiger partial charge in [-0.1, -0.05) is 25.2 Å². The number of aromatic nitrogens is 4. The number of pyridine rings is 2. The van der Waals surface area contributed by atoms with Gasteiger partial charge in [-0.3, -0.25) is 10.4 Å². The molecule has 0 aliphatic rings. The van der Waals surface area contributed by atoms with Crippen LogP contribution in [-0.2, 0) is 4.74 Å². The zero-order valence-electron chi connectivity index (χ0n) is 16.3. The van der Waals surface area contributed by atoms with Crippen molar-refractivity contribution in [2.24, 2.45) is 0 Å². The number of anilines is 2. The first-order valence-electron chi connectivity index (χ1n) is 8.98. The van der Waals surface area contributed by atoms with Crippen molar-refractivity contribution in [3.63, 3.8) is 0 Å². The third-order valence-corrected chi connectivity index (χ3v) is 4.98. The van der Waals surface area contributed by atoms with Crippen LogP contribution in [0.3, 0.4) is 0 Å². The minimum Gasteiger partial charge on any atom is -0.478 e. The van der Waals surface area contributed by atoms with E-state index in [2.05, 4.69) is 44.6 Å². The quantitative estimate of drug-likeness (QED) is 0.409. The molecule has 0 aliphatic carbocycles. The molecule has 0 aliphatic heterocycles. The molecule has 0 spiro atoms. The van der Waals surface area contributed by atoms with Crippen molar-refractivity contribution in [2.75, 3.05) is 19.0 Å². The third-order valence-electron chi connectivity index (χ3n) is 3.84. The monoisotopic (exact) mass is 397 g/mol. The Balaban J connectivity index is 1.91. The zero-order valence-corrected chi connectivity index (χ0v) is 17.1. The molecule has 3 rings (SSSR count). The molecule has 0 fully saturated rings. The van der Waals surface area contributed by atoms with Crippen molar-refractivity contribution in [1.82, 2.24) is 25.5 Å². The smallest absolute Gasteiger partial charge is 0.215 e. The molecule has 9 heteroatoms. The Morgan fingerprint density at radius 2 is 2.11 bits per heavy atom. The molecule has 3 aromatic heterocycles. The molecule has 0 unspecified atom stereocenters. The summed E-state index contributed by atoms with van der Waals surface area (Å²) in [6.45, 7) is 6.44. The van der Waals surface area contributed by atoms with Crippen molar-refractivity contribution in [3.05, 3.63) is 41.2 Å². The summed E-state index contributed by atoms with van der Waals surface area (Å²) in [5, 5.41) is 24.3. The first-order valence-corrected chi connectivity index (χ1v) is 9.80. The second-order valence-corrected chi connectivity index (χ2v) is 7.30. The van der Waals surface area contributed by atoms with Gasteiger partial charge in [-0.25, -0.2) is 4.98 Å². The van der Waals surface area contributed by atoms with Crippen LogP contribution in [0.15, 0.2) is 30.6 Å². The van der Waals surface area contributed by atoms with Crippen molar-refractivity contribution in [3.8, 4) is 0 Å². The SMILES string of the molecule is CCOC(=N)/C(=C\NC)c1cnc2ccc(Nc3nnc(C(C)C)s3)nc2c1. The summed E-state index contributed by atoms with van der Waals surface area (Å²) in [7, 11) is 1.78. The normalized spacial score (nSPS) is 11.7. The summed E-state index contributed by atoms with van der Waals surface area (Å²) in [4.78, 5) is 9.11. The maximum absolute atomic E-state index is 8.12. The molecule has 0 aromatic carbocycles.